The number of aromatic nitrogens is 2. The highest BCUT2D eigenvalue weighted by Crippen LogP contribution is 2.21. The van der Waals surface area contributed by atoms with Gasteiger partial charge in [0.05, 0.1) is 0 Å². The second-order valence-corrected chi connectivity index (χ2v) is 5.29. The van der Waals surface area contributed by atoms with Crippen molar-refractivity contribution in [2.75, 3.05) is 23.3 Å². The maximum atomic E-state index is 5.84. The predicted molar refractivity (Wildman–Crippen MR) is 82.3 cm³/mol. The van der Waals surface area contributed by atoms with Gasteiger partial charge < -0.3 is 10.2 Å². The van der Waals surface area contributed by atoms with Gasteiger partial charge in [0.25, 0.3) is 0 Å². The number of piperidine rings is 1. The summed E-state index contributed by atoms with van der Waals surface area (Å²) in [6.45, 7) is 1.97. The van der Waals surface area contributed by atoms with Crippen LogP contribution in [0.3, 0.4) is 0 Å². The Balaban J connectivity index is 1.57. The molecule has 1 aliphatic rings. The normalized spacial score (nSPS) is 16.1. The summed E-state index contributed by atoms with van der Waals surface area (Å²) in [6.07, 6.45) is 3.89. The number of anilines is 2. The SMILES string of the molecule is Clc1nccc(N2CCC(Nc3ccccc3)CC2)n1. The Hall–Kier alpha value is -1.81. The number of halogens is 1. The molecule has 4 nitrogen and oxygen atoms in total. The highest BCUT2D eigenvalue weighted by atomic mass is 35.5. The van der Waals surface area contributed by atoms with Gasteiger partial charge in [0.15, 0.2) is 0 Å². The van der Waals surface area contributed by atoms with Crippen LogP contribution in [0.15, 0.2) is 42.6 Å². The number of para-hydroxylation sites is 1. The highest BCUT2D eigenvalue weighted by molar-refractivity contribution is 6.28. The third-order valence-electron chi connectivity index (χ3n) is 3.58. The van der Waals surface area contributed by atoms with Crippen molar-refractivity contribution >= 4 is 23.1 Å². The number of nitrogens with one attached hydrogen (secondary N) is 1. The largest absolute Gasteiger partial charge is 0.382 e. The van der Waals surface area contributed by atoms with Crippen LogP contribution in [0.5, 0.6) is 0 Å². The zero-order valence-corrected chi connectivity index (χ0v) is 11.9. The first kappa shape index (κ1) is 13.2. The molecule has 0 spiro atoms. The van der Waals surface area contributed by atoms with Crippen LogP contribution in [-0.4, -0.2) is 29.1 Å². The van der Waals surface area contributed by atoms with E-state index in [-0.39, 0.29) is 0 Å². The van der Waals surface area contributed by atoms with Crippen LogP contribution in [0.4, 0.5) is 11.5 Å². The highest BCUT2D eigenvalue weighted by Gasteiger charge is 2.20. The molecule has 1 aliphatic heterocycles. The third kappa shape index (κ3) is 3.20. The molecule has 2 aromatic rings. The van der Waals surface area contributed by atoms with Gasteiger partial charge in [-0.05, 0) is 42.6 Å². The first-order valence-electron chi connectivity index (χ1n) is 6.86. The van der Waals surface area contributed by atoms with E-state index in [9.17, 15) is 0 Å². The average molecular weight is 289 g/mol. The molecule has 1 N–H and O–H groups in total. The lowest BCUT2D eigenvalue weighted by Crippen LogP contribution is -2.39. The number of hydrogen-bond donors (Lipinski definition) is 1. The summed E-state index contributed by atoms with van der Waals surface area (Å²) in [7, 11) is 0. The van der Waals surface area contributed by atoms with Crippen molar-refractivity contribution in [3.8, 4) is 0 Å². The molecule has 0 aliphatic carbocycles. The minimum absolute atomic E-state index is 0.312. The number of benzene rings is 1. The fraction of sp³-hybridized carbons (Fsp3) is 0.333. The molecule has 0 radical (unpaired) electrons. The van der Waals surface area contributed by atoms with Gasteiger partial charge in [0, 0.05) is 31.0 Å². The van der Waals surface area contributed by atoms with Gasteiger partial charge in [-0.2, -0.15) is 0 Å². The molecule has 1 aromatic carbocycles. The van der Waals surface area contributed by atoms with Gasteiger partial charge >= 0.3 is 0 Å². The van der Waals surface area contributed by atoms with Crippen molar-refractivity contribution in [2.24, 2.45) is 0 Å². The fourth-order valence-corrected chi connectivity index (χ4v) is 2.67. The van der Waals surface area contributed by atoms with Crippen LogP contribution in [0.2, 0.25) is 5.28 Å². The minimum atomic E-state index is 0.312. The summed E-state index contributed by atoms with van der Waals surface area (Å²) in [6, 6.07) is 12.8. The van der Waals surface area contributed by atoms with Crippen LogP contribution in [0, 0.1) is 0 Å². The van der Waals surface area contributed by atoms with Crippen LogP contribution in [0.1, 0.15) is 12.8 Å². The fourth-order valence-electron chi connectivity index (χ4n) is 2.53. The van der Waals surface area contributed by atoms with Gasteiger partial charge in [-0.25, -0.2) is 9.97 Å². The van der Waals surface area contributed by atoms with Crippen molar-refractivity contribution in [2.45, 2.75) is 18.9 Å². The van der Waals surface area contributed by atoms with Gasteiger partial charge in [-0.15, -0.1) is 0 Å². The van der Waals surface area contributed by atoms with E-state index in [2.05, 4.69) is 44.5 Å². The summed E-state index contributed by atoms with van der Waals surface area (Å²) < 4.78 is 0. The first-order chi connectivity index (χ1) is 9.81. The Morgan fingerprint density at radius 1 is 1.10 bits per heavy atom. The van der Waals surface area contributed by atoms with Crippen LogP contribution in [0.25, 0.3) is 0 Å². The molecule has 2 heterocycles. The maximum Gasteiger partial charge on any atom is 0.224 e. The van der Waals surface area contributed by atoms with Gasteiger partial charge in [0.1, 0.15) is 5.82 Å². The molecular weight excluding hydrogens is 272 g/mol. The first-order valence-corrected chi connectivity index (χ1v) is 7.24. The van der Waals surface area contributed by atoms with E-state index in [1.54, 1.807) is 6.20 Å². The molecule has 0 amide bonds. The van der Waals surface area contributed by atoms with Crippen molar-refractivity contribution in [3.63, 3.8) is 0 Å². The van der Waals surface area contributed by atoms with E-state index in [0.717, 1.165) is 31.7 Å². The zero-order chi connectivity index (χ0) is 13.8. The molecule has 5 heteroatoms. The van der Waals surface area contributed by atoms with Crippen molar-refractivity contribution in [3.05, 3.63) is 47.9 Å². The number of nitrogens with zero attached hydrogens (tertiary/aromatic N) is 3. The molecule has 20 heavy (non-hydrogen) atoms. The molecule has 104 valence electrons. The lowest BCUT2D eigenvalue weighted by atomic mass is 10.0. The second-order valence-electron chi connectivity index (χ2n) is 4.96. The molecule has 0 atom stereocenters. The maximum absolute atomic E-state index is 5.84. The second kappa shape index (κ2) is 6.09. The van der Waals surface area contributed by atoms with E-state index >= 15 is 0 Å². The Morgan fingerprint density at radius 3 is 2.55 bits per heavy atom. The summed E-state index contributed by atoms with van der Waals surface area (Å²) in [5.74, 6) is 0.920. The minimum Gasteiger partial charge on any atom is -0.382 e. The van der Waals surface area contributed by atoms with E-state index < -0.39 is 0 Å². The third-order valence-corrected chi connectivity index (χ3v) is 3.76. The summed E-state index contributed by atoms with van der Waals surface area (Å²) in [5.41, 5.74) is 1.19. The molecular formula is C15H17ClN4. The Bertz CT molecular complexity index is 553. The molecule has 0 saturated carbocycles. The van der Waals surface area contributed by atoms with E-state index in [4.69, 9.17) is 11.6 Å². The van der Waals surface area contributed by atoms with Crippen LogP contribution < -0.4 is 10.2 Å². The smallest absolute Gasteiger partial charge is 0.224 e. The van der Waals surface area contributed by atoms with Gasteiger partial charge in [-0.3, -0.25) is 0 Å². The summed E-state index contributed by atoms with van der Waals surface area (Å²) >= 11 is 5.84. The van der Waals surface area contributed by atoms with Crippen LogP contribution in [-0.2, 0) is 0 Å². The molecule has 1 saturated heterocycles. The molecule has 0 bridgehead atoms. The topological polar surface area (TPSA) is 41.1 Å². The number of hydrogen-bond acceptors (Lipinski definition) is 4. The Labute approximate surface area is 123 Å². The summed E-state index contributed by atoms with van der Waals surface area (Å²) in [4.78, 5) is 10.4. The predicted octanol–water partition coefficient (Wildman–Crippen LogP) is 3.21. The van der Waals surface area contributed by atoms with E-state index in [0.29, 0.717) is 11.3 Å². The van der Waals surface area contributed by atoms with Crippen molar-refractivity contribution < 1.29 is 0 Å². The summed E-state index contributed by atoms with van der Waals surface area (Å²) in [5, 5.41) is 3.89. The van der Waals surface area contributed by atoms with Gasteiger partial charge in [-0.1, -0.05) is 18.2 Å². The van der Waals surface area contributed by atoms with E-state index in [1.165, 1.54) is 5.69 Å². The van der Waals surface area contributed by atoms with Crippen molar-refractivity contribution in [1.29, 1.82) is 0 Å². The Kier molecular flexibility index (Phi) is 4.02. The standard InChI is InChI=1S/C15H17ClN4/c16-15-17-9-6-14(19-15)20-10-7-13(8-11-20)18-12-4-2-1-3-5-12/h1-6,9,13,18H,7-8,10-11H2. The van der Waals surface area contributed by atoms with E-state index in [1.807, 2.05) is 12.1 Å². The quantitative estimate of drug-likeness (QED) is 0.881. The van der Waals surface area contributed by atoms with Gasteiger partial charge in [0.2, 0.25) is 5.28 Å². The monoisotopic (exact) mass is 288 g/mol. The molecule has 0 unspecified atom stereocenters. The lowest BCUT2D eigenvalue weighted by Gasteiger charge is -2.33. The lowest BCUT2D eigenvalue weighted by molar-refractivity contribution is 0.523. The average Bonchev–Trinajstić information content (AvgIpc) is 2.49. The number of rotatable bonds is 3. The molecule has 1 aromatic heterocycles. The molecule has 3 rings (SSSR count). The van der Waals surface area contributed by atoms with Crippen LogP contribution >= 0.6 is 11.6 Å². The molecule has 1 fully saturated rings. The zero-order valence-electron chi connectivity index (χ0n) is 11.2. The Morgan fingerprint density at radius 2 is 1.85 bits per heavy atom. The van der Waals surface area contributed by atoms with Crippen molar-refractivity contribution in [1.82, 2.24) is 9.97 Å².